The van der Waals surface area contributed by atoms with Crippen LogP contribution in [-0.4, -0.2) is 70.3 Å². The molecule has 1 aromatic heterocycles. The zero-order chi connectivity index (χ0) is 17.4. The average Bonchev–Trinajstić information content (AvgIpc) is 3.05. The van der Waals surface area contributed by atoms with Crippen molar-refractivity contribution in [2.75, 3.05) is 32.8 Å². The summed E-state index contributed by atoms with van der Waals surface area (Å²) in [5, 5.41) is 9.60. The molecule has 3 heterocycles. The van der Waals surface area contributed by atoms with Crippen molar-refractivity contribution in [2.45, 2.75) is 18.4 Å². The number of hydrogen-bond donors (Lipinski definition) is 1. The van der Waals surface area contributed by atoms with Crippen LogP contribution < -0.4 is 0 Å². The fraction of sp³-hybridized carbons (Fsp3) is 0.471. The number of thiazole rings is 1. The third-order valence-corrected chi connectivity index (χ3v) is 5.98. The smallest absolute Gasteiger partial charge is 0.407 e. The number of hydrogen-bond acceptors (Lipinski definition) is 5. The first-order valence-corrected chi connectivity index (χ1v) is 9.15. The summed E-state index contributed by atoms with van der Waals surface area (Å²) in [6.45, 7) is 2.40. The number of carboxylic acid groups (broad SMARTS) is 1. The molecule has 2 aromatic rings. The fourth-order valence-electron chi connectivity index (χ4n) is 3.53. The van der Waals surface area contributed by atoms with E-state index in [0.717, 1.165) is 10.2 Å². The molecule has 1 N–H and O–H groups in total. The van der Waals surface area contributed by atoms with E-state index in [1.165, 1.54) is 16.2 Å². The number of carbonyl (C=O) groups is 2. The van der Waals surface area contributed by atoms with Crippen molar-refractivity contribution in [1.82, 2.24) is 14.8 Å². The Bertz CT molecular complexity index is 780. The Morgan fingerprint density at radius 1 is 1.16 bits per heavy atom. The van der Waals surface area contributed by atoms with E-state index < -0.39 is 11.7 Å². The molecule has 1 spiro atoms. The Kier molecular flexibility index (Phi) is 4.09. The van der Waals surface area contributed by atoms with Gasteiger partial charge in [0.05, 0.1) is 29.0 Å². The standard InChI is InChI=1S/C17H19N3O4S/c21-15(14-18-12-3-1-2-4-13(12)25-14)20-9-10-24-17(11-20)5-7-19(8-6-17)16(22)23/h1-4H,5-11H2,(H,22,23). The molecule has 4 rings (SSSR count). The van der Waals surface area contributed by atoms with Gasteiger partial charge in [-0.1, -0.05) is 12.1 Å². The van der Waals surface area contributed by atoms with Gasteiger partial charge >= 0.3 is 6.09 Å². The Morgan fingerprint density at radius 2 is 1.92 bits per heavy atom. The Labute approximate surface area is 148 Å². The van der Waals surface area contributed by atoms with Gasteiger partial charge in [0, 0.05) is 19.6 Å². The molecule has 1 aromatic carbocycles. The van der Waals surface area contributed by atoms with Gasteiger partial charge in [-0.25, -0.2) is 9.78 Å². The molecule has 0 radical (unpaired) electrons. The number of amides is 2. The number of carbonyl (C=O) groups excluding carboxylic acids is 1. The van der Waals surface area contributed by atoms with Crippen molar-refractivity contribution in [3.8, 4) is 0 Å². The number of morpholine rings is 1. The molecule has 2 fully saturated rings. The molecular weight excluding hydrogens is 342 g/mol. The van der Waals surface area contributed by atoms with Crippen LogP contribution in [0.15, 0.2) is 24.3 Å². The molecule has 2 aliphatic rings. The van der Waals surface area contributed by atoms with E-state index in [1.54, 1.807) is 4.90 Å². The Morgan fingerprint density at radius 3 is 2.64 bits per heavy atom. The third-order valence-electron chi connectivity index (χ3n) is 4.96. The molecule has 7 nitrogen and oxygen atoms in total. The SMILES string of the molecule is O=C(O)N1CCC2(CC1)CN(C(=O)c1nc3ccccc3s1)CCO2. The van der Waals surface area contributed by atoms with Crippen LogP contribution in [0.3, 0.4) is 0 Å². The summed E-state index contributed by atoms with van der Waals surface area (Å²) in [7, 11) is 0. The van der Waals surface area contributed by atoms with Gasteiger partial charge < -0.3 is 19.6 Å². The second kappa shape index (κ2) is 6.27. The predicted octanol–water partition coefficient (Wildman–Crippen LogP) is 2.28. The number of nitrogens with zero attached hydrogens (tertiary/aromatic N) is 3. The number of fused-ring (bicyclic) bond motifs is 1. The maximum Gasteiger partial charge on any atom is 0.407 e. The van der Waals surface area contributed by atoms with Crippen LogP contribution in [0.4, 0.5) is 4.79 Å². The van der Waals surface area contributed by atoms with Gasteiger partial charge in [0.2, 0.25) is 0 Å². The van der Waals surface area contributed by atoms with Gasteiger partial charge in [-0.2, -0.15) is 0 Å². The zero-order valence-electron chi connectivity index (χ0n) is 13.7. The van der Waals surface area contributed by atoms with Crippen molar-refractivity contribution in [3.63, 3.8) is 0 Å². The van der Waals surface area contributed by atoms with E-state index in [1.807, 2.05) is 24.3 Å². The maximum atomic E-state index is 12.9. The quantitative estimate of drug-likeness (QED) is 0.843. The summed E-state index contributed by atoms with van der Waals surface area (Å²) in [4.78, 5) is 31.6. The van der Waals surface area contributed by atoms with Gasteiger partial charge in [0.15, 0.2) is 5.01 Å². The molecule has 2 amide bonds. The first-order valence-electron chi connectivity index (χ1n) is 8.33. The van der Waals surface area contributed by atoms with Gasteiger partial charge in [0.1, 0.15) is 0 Å². The lowest BCUT2D eigenvalue weighted by molar-refractivity contribution is -0.124. The first-order chi connectivity index (χ1) is 12.1. The van der Waals surface area contributed by atoms with Crippen LogP contribution >= 0.6 is 11.3 Å². The van der Waals surface area contributed by atoms with Gasteiger partial charge in [-0.15, -0.1) is 11.3 Å². The number of rotatable bonds is 1. The lowest BCUT2D eigenvalue weighted by Gasteiger charge is -2.46. The molecule has 0 saturated carbocycles. The van der Waals surface area contributed by atoms with E-state index >= 15 is 0 Å². The van der Waals surface area contributed by atoms with Crippen LogP contribution in [-0.2, 0) is 4.74 Å². The highest BCUT2D eigenvalue weighted by Gasteiger charge is 2.42. The van der Waals surface area contributed by atoms with Crippen LogP contribution in [0.25, 0.3) is 10.2 Å². The molecule has 0 atom stereocenters. The minimum Gasteiger partial charge on any atom is -0.465 e. The van der Waals surface area contributed by atoms with E-state index in [2.05, 4.69) is 4.98 Å². The normalized spacial score (nSPS) is 20.2. The second-order valence-corrected chi connectivity index (χ2v) is 7.55. The van der Waals surface area contributed by atoms with Crippen LogP contribution in [0.1, 0.15) is 22.6 Å². The Balaban J connectivity index is 1.49. The highest BCUT2D eigenvalue weighted by Crippen LogP contribution is 2.31. The zero-order valence-corrected chi connectivity index (χ0v) is 14.5. The molecule has 0 aliphatic carbocycles. The number of ether oxygens (including phenoxy) is 1. The predicted molar refractivity (Wildman–Crippen MR) is 93.0 cm³/mol. The number of benzene rings is 1. The number of para-hydroxylation sites is 1. The average molecular weight is 361 g/mol. The van der Waals surface area contributed by atoms with E-state index in [4.69, 9.17) is 9.84 Å². The molecule has 2 aliphatic heterocycles. The molecular formula is C17H19N3O4S. The largest absolute Gasteiger partial charge is 0.465 e. The second-order valence-electron chi connectivity index (χ2n) is 6.51. The highest BCUT2D eigenvalue weighted by atomic mass is 32.1. The monoisotopic (exact) mass is 361 g/mol. The highest BCUT2D eigenvalue weighted by molar-refractivity contribution is 7.20. The molecule has 8 heteroatoms. The number of aromatic nitrogens is 1. The Hall–Kier alpha value is -2.19. The van der Waals surface area contributed by atoms with E-state index in [-0.39, 0.29) is 5.91 Å². The third kappa shape index (κ3) is 3.07. The molecule has 132 valence electrons. The summed E-state index contributed by atoms with van der Waals surface area (Å²) in [5.74, 6) is -0.0652. The van der Waals surface area contributed by atoms with Crippen LogP contribution in [0, 0.1) is 0 Å². The fourth-order valence-corrected chi connectivity index (χ4v) is 4.46. The van der Waals surface area contributed by atoms with Crippen molar-refractivity contribution in [1.29, 1.82) is 0 Å². The maximum absolute atomic E-state index is 12.9. The molecule has 25 heavy (non-hydrogen) atoms. The summed E-state index contributed by atoms with van der Waals surface area (Å²) < 4.78 is 6.98. The molecule has 2 saturated heterocycles. The van der Waals surface area contributed by atoms with Crippen LogP contribution in [0.2, 0.25) is 0 Å². The minimum absolute atomic E-state index is 0.0652. The van der Waals surface area contributed by atoms with Gasteiger partial charge in [-0.05, 0) is 25.0 Å². The van der Waals surface area contributed by atoms with Crippen LogP contribution in [0.5, 0.6) is 0 Å². The molecule has 0 bridgehead atoms. The van der Waals surface area contributed by atoms with Gasteiger partial charge in [-0.3, -0.25) is 4.79 Å². The minimum atomic E-state index is -0.895. The van der Waals surface area contributed by atoms with Crippen molar-refractivity contribution >= 4 is 33.6 Å². The van der Waals surface area contributed by atoms with Gasteiger partial charge in [0.25, 0.3) is 5.91 Å². The lowest BCUT2D eigenvalue weighted by atomic mass is 9.89. The first kappa shape index (κ1) is 16.3. The molecule has 0 unspecified atom stereocenters. The van der Waals surface area contributed by atoms with Crippen molar-refractivity contribution < 1.29 is 19.4 Å². The van der Waals surface area contributed by atoms with E-state index in [0.29, 0.717) is 50.6 Å². The lowest BCUT2D eigenvalue weighted by Crippen LogP contribution is -2.58. The van der Waals surface area contributed by atoms with Crippen molar-refractivity contribution in [3.05, 3.63) is 29.3 Å². The summed E-state index contributed by atoms with van der Waals surface area (Å²) in [5.41, 5.74) is 0.407. The summed E-state index contributed by atoms with van der Waals surface area (Å²) in [6, 6.07) is 7.72. The number of likely N-dealkylation sites (tertiary alicyclic amines) is 1. The topological polar surface area (TPSA) is 83.0 Å². The summed E-state index contributed by atoms with van der Waals surface area (Å²) in [6.07, 6.45) is 0.333. The van der Waals surface area contributed by atoms with E-state index in [9.17, 15) is 9.59 Å². The number of piperidine rings is 1. The van der Waals surface area contributed by atoms with Crippen molar-refractivity contribution in [2.24, 2.45) is 0 Å². The summed E-state index contributed by atoms with van der Waals surface area (Å²) >= 11 is 1.41.